The topological polar surface area (TPSA) is 80.2 Å². The van der Waals surface area contributed by atoms with Gasteiger partial charge in [0.15, 0.2) is 0 Å². The lowest BCUT2D eigenvalue weighted by Crippen LogP contribution is -2.25. The van der Waals surface area contributed by atoms with Crippen LogP contribution in [0.1, 0.15) is 25.7 Å². The molecule has 6 nitrogen and oxygen atoms in total. The van der Waals surface area contributed by atoms with Crippen LogP contribution in [0.5, 0.6) is 0 Å². The van der Waals surface area contributed by atoms with E-state index in [1.807, 2.05) is 0 Å². The zero-order valence-corrected chi connectivity index (χ0v) is 9.47. The molecule has 16 heavy (non-hydrogen) atoms. The SMILES string of the molecule is Nc1nc(N2CCCCCC2)nn1CCO. The van der Waals surface area contributed by atoms with E-state index < -0.39 is 0 Å². The first-order chi connectivity index (χ1) is 7.81. The number of rotatable bonds is 3. The molecule has 1 aromatic heterocycles. The number of hydrogen-bond acceptors (Lipinski definition) is 5. The molecule has 0 spiro atoms. The molecule has 0 atom stereocenters. The number of hydrogen-bond donors (Lipinski definition) is 2. The van der Waals surface area contributed by atoms with Crippen LogP contribution in [0.4, 0.5) is 11.9 Å². The van der Waals surface area contributed by atoms with Crippen LogP contribution in [-0.4, -0.2) is 39.6 Å². The summed E-state index contributed by atoms with van der Waals surface area (Å²) in [4.78, 5) is 6.42. The van der Waals surface area contributed by atoms with Crippen molar-refractivity contribution < 1.29 is 5.11 Å². The molecule has 1 fully saturated rings. The minimum absolute atomic E-state index is 0.0347. The summed E-state index contributed by atoms with van der Waals surface area (Å²) in [7, 11) is 0. The molecule has 0 unspecified atom stereocenters. The molecule has 2 rings (SSSR count). The van der Waals surface area contributed by atoms with Crippen molar-refractivity contribution in [3.05, 3.63) is 0 Å². The highest BCUT2D eigenvalue weighted by molar-refractivity contribution is 5.35. The average Bonchev–Trinajstić information content (AvgIpc) is 2.54. The minimum atomic E-state index is 0.0347. The zero-order chi connectivity index (χ0) is 11.4. The summed E-state index contributed by atoms with van der Waals surface area (Å²) >= 11 is 0. The number of nitrogens with zero attached hydrogens (tertiary/aromatic N) is 4. The summed E-state index contributed by atoms with van der Waals surface area (Å²) in [5.41, 5.74) is 5.72. The largest absolute Gasteiger partial charge is 0.394 e. The molecule has 0 radical (unpaired) electrons. The van der Waals surface area contributed by atoms with Crippen molar-refractivity contribution in [3.8, 4) is 0 Å². The first-order valence-corrected chi connectivity index (χ1v) is 5.87. The van der Waals surface area contributed by atoms with E-state index in [0.29, 0.717) is 18.4 Å². The molecule has 3 N–H and O–H groups in total. The minimum Gasteiger partial charge on any atom is -0.394 e. The third-order valence-electron chi connectivity index (χ3n) is 2.89. The average molecular weight is 225 g/mol. The van der Waals surface area contributed by atoms with Gasteiger partial charge in [-0.15, -0.1) is 5.10 Å². The Morgan fingerprint density at radius 1 is 1.19 bits per heavy atom. The Kier molecular flexibility index (Phi) is 3.61. The quantitative estimate of drug-likeness (QED) is 0.770. The Labute approximate surface area is 95.1 Å². The summed E-state index contributed by atoms with van der Waals surface area (Å²) in [6, 6.07) is 0. The van der Waals surface area contributed by atoms with Crippen molar-refractivity contribution in [3.63, 3.8) is 0 Å². The van der Waals surface area contributed by atoms with Gasteiger partial charge in [0.25, 0.3) is 0 Å². The highest BCUT2D eigenvalue weighted by Gasteiger charge is 2.15. The van der Waals surface area contributed by atoms with E-state index in [-0.39, 0.29) is 6.61 Å². The summed E-state index contributed by atoms with van der Waals surface area (Å²) in [6.07, 6.45) is 4.94. The first kappa shape index (κ1) is 11.2. The number of aromatic nitrogens is 3. The fourth-order valence-corrected chi connectivity index (χ4v) is 2.01. The number of nitrogen functional groups attached to an aromatic ring is 1. The van der Waals surface area contributed by atoms with E-state index in [0.717, 1.165) is 13.1 Å². The van der Waals surface area contributed by atoms with Crippen LogP contribution in [-0.2, 0) is 6.54 Å². The van der Waals surface area contributed by atoms with Crippen molar-refractivity contribution >= 4 is 11.9 Å². The van der Waals surface area contributed by atoms with Gasteiger partial charge in [-0.05, 0) is 12.8 Å². The van der Waals surface area contributed by atoms with E-state index >= 15 is 0 Å². The lowest BCUT2D eigenvalue weighted by atomic mass is 10.2. The van der Waals surface area contributed by atoms with E-state index in [9.17, 15) is 0 Å². The van der Waals surface area contributed by atoms with Crippen LogP contribution in [0.25, 0.3) is 0 Å². The van der Waals surface area contributed by atoms with Gasteiger partial charge >= 0.3 is 0 Å². The Balaban J connectivity index is 2.09. The highest BCUT2D eigenvalue weighted by atomic mass is 16.3. The molecule has 0 aromatic carbocycles. The van der Waals surface area contributed by atoms with Crippen LogP contribution in [0.2, 0.25) is 0 Å². The highest BCUT2D eigenvalue weighted by Crippen LogP contribution is 2.16. The molecule has 1 saturated heterocycles. The zero-order valence-electron chi connectivity index (χ0n) is 9.47. The van der Waals surface area contributed by atoms with E-state index in [1.54, 1.807) is 4.68 Å². The normalized spacial score (nSPS) is 17.4. The van der Waals surface area contributed by atoms with Crippen LogP contribution in [0.15, 0.2) is 0 Å². The van der Waals surface area contributed by atoms with Gasteiger partial charge in [-0.1, -0.05) is 12.8 Å². The Hall–Kier alpha value is -1.30. The number of aliphatic hydroxyl groups excluding tert-OH is 1. The van der Waals surface area contributed by atoms with Gasteiger partial charge < -0.3 is 15.7 Å². The van der Waals surface area contributed by atoms with E-state index in [4.69, 9.17) is 10.8 Å². The summed E-state index contributed by atoms with van der Waals surface area (Å²) in [5, 5.41) is 13.2. The fourth-order valence-electron chi connectivity index (χ4n) is 2.01. The number of nitrogens with two attached hydrogens (primary N) is 1. The summed E-state index contributed by atoms with van der Waals surface area (Å²) < 4.78 is 1.56. The van der Waals surface area contributed by atoms with Crippen LogP contribution >= 0.6 is 0 Å². The molecular weight excluding hydrogens is 206 g/mol. The second-order valence-corrected chi connectivity index (χ2v) is 4.12. The lowest BCUT2D eigenvalue weighted by molar-refractivity contribution is 0.270. The Bertz CT molecular complexity index is 330. The predicted molar refractivity (Wildman–Crippen MR) is 62.2 cm³/mol. The van der Waals surface area contributed by atoms with Gasteiger partial charge in [-0.2, -0.15) is 4.98 Å². The maximum absolute atomic E-state index is 8.85. The molecule has 90 valence electrons. The van der Waals surface area contributed by atoms with Crippen molar-refractivity contribution in [2.75, 3.05) is 30.3 Å². The van der Waals surface area contributed by atoms with Crippen LogP contribution < -0.4 is 10.6 Å². The van der Waals surface area contributed by atoms with Gasteiger partial charge in [0.05, 0.1) is 13.2 Å². The summed E-state index contributed by atoms with van der Waals surface area (Å²) in [6.45, 7) is 2.45. The predicted octanol–water partition coefficient (Wildman–Crippen LogP) is 0.233. The monoisotopic (exact) mass is 225 g/mol. The molecule has 0 bridgehead atoms. The van der Waals surface area contributed by atoms with Crippen molar-refractivity contribution in [1.82, 2.24) is 14.8 Å². The molecule has 0 saturated carbocycles. The van der Waals surface area contributed by atoms with Gasteiger partial charge in [-0.3, -0.25) is 0 Å². The standard InChI is InChI=1S/C10H19N5O/c11-9-12-10(13-15(9)7-8-16)14-5-3-1-2-4-6-14/h16H,1-8H2,(H2,11,12,13). The van der Waals surface area contributed by atoms with Gasteiger partial charge in [0, 0.05) is 13.1 Å². The van der Waals surface area contributed by atoms with Gasteiger partial charge in [-0.25, -0.2) is 4.68 Å². The van der Waals surface area contributed by atoms with Gasteiger partial charge in [0.2, 0.25) is 11.9 Å². The molecule has 6 heteroatoms. The molecule has 1 aliphatic rings. The smallest absolute Gasteiger partial charge is 0.246 e. The molecule has 0 aliphatic carbocycles. The Morgan fingerprint density at radius 2 is 1.88 bits per heavy atom. The molecule has 1 aliphatic heterocycles. The first-order valence-electron chi connectivity index (χ1n) is 5.87. The second-order valence-electron chi connectivity index (χ2n) is 4.12. The molecule has 1 aromatic rings. The third kappa shape index (κ3) is 2.44. The molecular formula is C10H19N5O. The van der Waals surface area contributed by atoms with Crippen molar-refractivity contribution in [2.24, 2.45) is 0 Å². The number of aliphatic hydroxyl groups is 1. The van der Waals surface area contributed by atoms with E-state index in [1.165, 1.54) is 25.7 Å². The molecule has 0 amide bonds. The maximum Gasteiger partial charge on any atom is 0.246 e. The maximum atomic E-state index is 8.85. The van der Waals surface area contributed by atoms with Crippen LogP contribution in [0, 0.1) is 0 Å². The third-order valence-corrected chi connectivity index (χ3v) is 2.89. The number of anilines is 2. The van der Waals surface area contributed by atoms with Gasteiger partial charge in [0.1, 0.15) is 0 Å². The second kappa shape index (κ2) is 5.16. The lowest BCUT2D eigenvalue weighted by Gasteiger charge is -2.17. The van der Waals surface area contributed by atoms with E-state index in [2.05, 4.69) is 15.0 Å². The van der Waals surface area contributed by atoms with Crippen molar-refractivity contribution in [1.29, 1.82) is 0 Å². The van der Waals surface area contributed by atoms with Crippen LogP contribution in [0.3, 0.4) is 0 Å². The fraction of sp³-hybridized carbons (Fsp3) is 0.800. The summed E-state index contributed by atoms with van der Waals surface area (Å²) in [5.74, 6) is 1.08. The van der Waals surface area contributed by atoms with Crippen molar-refractivity contribution in [2.45, 2.75) is 32.2 Å². The Morgan fingerprint density at radius 3 is 2.50 bits per heavy atom. The molecule has 2 heterocycles.